The number of halogens is 1. The average Bonchev–Trinajstić information content (AvgIpc) is 2.46. The second-order valence-corrected chi connectivity index (χ2v) is 5.50. The van der Waals surface area contributed by atoms with Gasteiger partial charge in [-0.2, -0.15) is 5.26 Å². The van der Waals surface area contributed by atoms with Gasteiger partial charge in [-0.3, -0.25) is 0 Å². The molecule has 20 heavy (non-hydrogen) atoms. The van der Waals surface area contributed by atoms with Gasteiger partial charge < -0.3 is 10.2 Å². The summed E-state index contributed by atoms with van der Waals surface area (Å²) in [5, 5.41) is 12.3. The molecule has 1 aliphatic rings. The fraction of sp³-hybridized carbons (Fsp3) is 0.562. The van der Waals surface area contributed by atoms with Crippen LogP contribution in [0.3, 0.4) is 0 Å². The summed E-state index contributed by atoms with van der Waals surface area (Å²) < 4.78 is 13.7. The van der Waals surface area contributed by atoms with E-state index in [1.807, 2.05) is 6.07 Å². The van der Waals surface area contributed by atoms with Crippen LogP contribution in [0.2, 0.25) is 0 Å². The Morgan fingerprint density at radius 2 is 2.10 bits per heavy atom. The summed E-state index contributed by atoms with van der Waals surface area (Å²) in [4.78, 5) is 2.47. The first-order valence-electron chi connectivity index (χ1n) is 7.33. The standard InChI is InChI=1S/C16H22FN3/c1-3-6-20-7-4-14(5-8-20)19-16-10-13(11-18)9-15(17)12(16)2/h9-10,14,19H,3-8H2,1-2H3. The number of nitrogens with zero attached hydrogens (tertiary/aromatic N) is 2. The van der Waals surface area contributed by atoms with E-state index in [9.17, 15) is 4.39 Å². The largest absolute Gasteiger partial charge is 0.382 e. The third-order valence-electron chi connectivity index (χ3n) is 3.96. The molecule has 0 bridgehead atoms. The molecule has 2 rings (SSSR count). The smallest absolute Gasteiger partial charge is 0.129 e. The van der Waals surface area contributed by atoms with Crippen LogP contribution in [0, 0.1) is 24.1 Å². The average molecular weight is 275 g/mol. The summed E-state index contributed by atoms with van der Waals surface area (Å²) in [6.07, 6.45) is 3.32. The molecule has 108 valence electrons. The molecule has 0 atom stereocenters. The summed E-state index contributed by atoms with van der Waals surface area (Å²) in [7, 11) is 0. The van der Waals surface area contributed by atoms with E-state index in [0.29, 0.717) is 17.2 Å². The zero-order chi connectivity index (χ0) is 14.5. The molecular weight excluding hydrogens is 253 g/mol. The topological polar surface area (TPSA) is 39.1 Å². The zero-order valence-corrected chi connectivity index (χ0v) is 12.2. The summed E-state index contributed by atoms with van der Waals surface area (Å²) in [5.74, 6) is -0.310. The summed E-state index contributed by atoms with van der Waals surface area (Å²) in [5.41, 5.74) is 1.73. The molecule has 0 amide bonds. The van der Waals surface area contributed by atoms with Crippen molar-refractivity contribution in [1.82, 2.24) is 4.90 Å². The molecule has 0 radical (unpaired) electrons. The van der Waals surface area contributed by atoms with Gasteiger partial charge in [0.15, 0.2) is 0 Å². The number of anilines is 1. The Morgan fingerprint density at radius 3 is 2.70 bits per heavy atom. The van der Waals surface area contributed by atoms with Crippen molar-refractivity contribution in [2.24, 2.45) is 0 Å². The number of hydrogen-bond donors (Lipinski definition) is 1. The third-order valence-corrected chi connectivity index (χ3v) is 3.96. The minimum Gasteiger partial charge on any atom is -0.382 e. The number of likely N-dealkylation sites (tertiary alicyclic amines) is 1. The highest BCUT2D eigenvalue weighted by Crippen LogP contribution is 2.23. The molecule has 4 heteroatoms. The van der Waals surface area contributed by atoms with Crippen LogP contribution in [0.4, 0.5) is 10.1 Å². The number of piperidine rings is 1. The number of benzene rings is 1. The first-order valence-corrected chi connectivity index (χ1v) is 7.33. The SMILES string of the molecule is CCCN1CCC(Nc2cc(C#N)cc(F)c2C)CC1. The van der Waals surface area contributed by atoms with Gasteiger partial charge in [0.25, 0.3) is 0 Å². The molecule has 0 aromatic heterocycles. The molecule has 0 saturated carbocycles. The van der Waals surface area contributed by atoms with Crippen molar-refractivity contribution in [1.29, 1.82) is 5.26 Å². The van der Waals surface area contributed by atoms with Crippen LogP contribution in [-0.4, -0.2) is 30.6 Å². The number of nitriles is 1. The Hall–Kier alpha value is -1.60. The van der Waals surface area contributed by atoms with Gasteiger partial charge in [-0.05, 0) is 44.9 Å². The maximum atomic E-state index is 13.7. The minimum absolute atomic E-state index is 0.310. The van der Waals surface area contributed by atoms with Crippen molar-refractivity contribution in [3.8, 4) is 6.07 Å². The highest BCUT2D eigenvalue weighted by atomic mass is 19.1. The molecule has 0 unspecified atom stereocenters. The van der Waals surface area contributed by atoms with Crippen molar-refractivity contribution < 1.29 is 4.39 Å². The molecule has 1 aromatic rings. The predicted octanol–water partition coefficient (Wildman–Crippen LogP) is 3.29. The van der Waals surface area contributed by atoms with Gasteiger partial charge in [0.2, 0.25) is 0 Å². The summed E-state index contributed by atoms with van der Waals surface area (Å²) in [6, 6.07) is 5.42. The fourth-order valence-corrected chi connectivity index (χ4v) is 2.73. The van der Waals surface area contributed by atoms with Crippen molar-refractivity contribution >= 4 is 5.69 Å². The van der Waals surface area contributed by atoms with Crippen LogP contribution in [-0.2, 0) is 0 Å². The molecule has 1 aliphatic heterocycles. The molecule has 0 aliphatic carbocycles. The second kappa shape index (κ2) is 6.71. The van der Waals surface area contributed by atoms with E-state index in [0.717, 1.165) is 38.2 Å². The number of rotatable bonds is 4. The molecule has 1 N–H and O–H groups in total. The summed E-state index contributed by atoms with van der Waals surface area (Å²) >= 11 is 0. The van der Waals surface area contributed by atoms with Gasteiger partial charge in [0, 0.05) is 30.4 Å². The first kappa shape index (κ1) is 14.8. The molecule has 1 saturated heterocycles. The zero-order valence-electron chi connectivity index (χ0n) is 12.2. The molecular formula is C16H22FN3. The van der Waals surface area contributed by atoms with Gasteiger partial charge in [0.05, 0.1) is 11.6 Å². The Morgan fingerprint density at radius 1 is 1.40 bits per heavy atom. The summed E-state index contributed by atoms with van der Waals surface area (Å²) in [6.45, 7) is 7.29. The van der Waals surface area contributed by atoms with Crippen LogP contribution in [0.25, 0.3) is 0 Å². The normalized spacial score (nSPS) is 16.9. The van der Waals surface area contributed by atoms with E-state index in [-0.39, 0.29) is 5.82 Å². The minimum atomic E-state index is -0.310. The van der Waals surface area contributed by atoms with Crippen molar-refractivity contribution in [2.45, 2.75) is 39.2 Å². The van der Waals surface area contributed by atoms with Crippen molar-refractivity contribution in [3.63, 3.8) is 0 Å². The molecule has 1 heterocycles. The Bertz CT molecular complexity index is 499. The van der Waals surface area contributed by atoms with Gasteiger partial charge >= 0.3 is 0 Å². The van der Waals surface area contributed by atoms with Crippen molar-refractivity contribution in [2.75, 3.05) is 25.0 Å². The Balaban J connectivity index is 2.01. The van der Waals surface area contributed by atoms with Crippen LogP contribution < -0.4 is 5.32 Å². The van der Waals surface area contributed by atoms with E-state index >= 15 is 0 Å². The van der Waals surface area contributed by atoms with E-state index < -0.39 is 0 Å². The number of nitrogens with one attached hydrogen (secondary N) is 1. The lowest BCUT2D eigenvalue weighted by molar-refractivity contribution is 0.219. The van der Waals surface area contributed by atoms with E-state index in [1.165, 1.54) is 12.5 Å². The maximum absolute atomic E-state index is 13.7. The van der Waals surface area contributed by atoms with Crippen LogP contribution >= 0.6 is 0 Å². The van der Waals surface area contributed by atoms with E-state index in [1.54, 1.807) is 13.0 Å². The lowest BCUT2D eigenvalue weighted by Gasteiger charge is -2.33. The quantitative estimate of drug-likeness (QED) is 0.916. The first-order chi connectivity index (χ1) is 9.63. The lowest BCUT2D eigenvalue weighted by atomic mass is 10.0. The second-order valence-electron chi connectivity index (χ2n) is 5.50. The lowest BCUT2D eigenvalue weighted by Crippen LogP contribution is -2.39. The monoisotopic (exact) mass is 275 g/mol. The molecule has 3 nitrogen and oxygen atoms in total. The highest BCUT2D eigenvalue weighted by molar-refractivity contribution is 5.56. The van der Waals surface area contributed by atoms with E-state index in [4.69, 9.17) is 5.26 Å². The molecule has 1 aromatic carbocycles. The van der Waals surface area contributed by atoms with Gasteiger partial charge in [-0.1, -0.05) is 6.92 Å². The third kappa shape index (κ3) is 3.49. The molecule has 0 spiro atoms. The fourth-order valence-electron chi connectivity index (χ4n) is 2.73. The Kier molecular flexibility index (Phi) is 4.97. The van der Waals surface area contributed by atoms with Gasteiger partial charge in [-0.25, -0.2) is 4.39 Å². The molecule has 1 fully saturated rings. The number of hydrogen-bond acceptors (Lipinski definition) is 3. The highest BCUT2D eigenvalue weighted by Gasteiger charge is 2.19. The Labute approximate surface area is 120 Å². The van der Waals surface area contributed by atoms with Crippen LogP contribution in [0.5, 0.6) is 0 Å². The predicted molar refractivity (Wildman–Crippen MR) is 79.2 cm³/mol. The van der Waals surface area contributed by atoms with Gasteiger partial charge in [0.1, 0.15) is 5.82 Å². The van der Waals surface area contributed by atoms with Gasteiger partial charge in [-0.15, -0.1) is 0 Å². The van der Waals surface area contributed by atoms with Crippen molar-refractivity contribution in [3.05, 3.63) is 29.1 Å². The van der Waals surface area contributed by atoms with E-state index in [2.05, 4.69) is 17.1 Å². The van der Waals surface area contributed by atoms with Crippen LogP contribution in [0.1, 0.15) is 37.3 Å². The van der Waals surface area contributed by atoms with Crippen LogP contribution in [0.15, 0.2) is 12.1 Å². The maximum Gasteiger partial charge on any atom is 0.129 e.